The number of aliphatic hydroxyl groups excluding tert-OH is 1. The van der Waals surface area contributed by atoms with Crippen LogP contribution in [0.25, 0.3) is 0 Å². The van der Waals surface area contributed by atoms with Crippen LogP contribution in [0.5, 0.6) is 0 Å². The molecule has 0 amide bonds. The van der Waals surface area contributed by atoms with Crippen LogP contribution >= 0.6 is 0 Å². The summed E-state index contributed by atoms with van der Waals surface area (Å²) in [5, 5.41) is 16.5. The lowest BCUT2D eigenvalue weighted by atomic mass is 10.1. The first-order chi connectivity index (χ1) is 8.86. The third kappa shape index (κ3) is 6.35. The zero-order chi connectivity index (χ0) is 13.1. The van der Waals surface area contributed by atoms with E-state index in [4.69, 9.17) is 9.94 Å². The summed E-state index contributed by atoms with van der Waals surface area (Å²) in [5.74, 6) is 0. The molecule has 0 heterocycles. The van der Waals surface area contributed by atoms with Crippen LogP contribution in [-0.2, 0) is 4.84 Å². The molecule has 0 fully saturated rings. The molecule has 1 rings (SSSR count). The number of unbranched alkanes of at least 4 members (excludes halogenated alkanes) is 2. The van der Waals surface area contributed by atoms with Gasteiger partial charge in [-0.25, -0.2) is 0 Å². The summed E-state index contributed by atoms with van der Waals surface area (Å²) < 4.78 is 0. The maximum atomic E-state index is 8.69. The van der Waals surface area contributed by atoms with E-state index in [0.717, 1.165) is 37.8 Å². The van der Waals surface area contributed by atoms with E-state index in [9.17, 15) is 0 Å². The van der Waals surface area contributed by atoms with Crippen molar-refractivity contribution in [2.24, 2.45) is 10.4 Å². The van der Waals surface area contributed by atoms with Crippen molar-refractivity contribution < 1.29 is 9.94 Å². The van der Waals surface area contributed by atoms with Crippen LogP contribution in [-0.4, -0.2) is 17.8 Å². The molecule has 0 aromatic heterocycles. The van der Waals surface area contributed by atoms with Crippen molar-refractivity contribution in [1.82, 2.24) is 0 Å². The third-order valence-corrected chi connectivity index (χ3v) is 2.75. The highest BCUT2D eigenvalue weighted by Gasteiger charge is 2.06. The lowest BCUT2D eigenvalue weighted by Crippen LogP contribution is -2.07. The zero-order valence-electron chi connectivity index (χ0n) is 11.0. The van der Waals surface area contributed by atoms with Gasteiger partial charge in [-0.15, -0.1) is 5.11 Å². The molecule has 100 valence electrons. The fourth-order valence-electron chi connectivity index (χ4n) is 1.62. The molecule has 0 saturated carbocycles. The minimum Gasteiger partial charge on any atom is -0.396 e. The van der Waals surface area contributed by atoms with E-state index in [0.29, 0.717) is 0 Å². The van der Waals surface area contributed by atoms with Gasteiger partial charge in [-0.1, -0.05) is 31.5 Å². The van der Waals surface area contributed by atoms with E-state index in [1.165, 1.54) is 0 Å². The van der Waals surface area contributed by atoms with Gasteiger partial charge in [0.2, 0.25) is 0 Å². The van der Waals surface area contributed by atoms with Gasteiger partial charge in [0.15, 0.2) is 0 Å². The molecule has 1 atom stereocenters. The van der Waals surface area contributed by atoms with Crippen molar-refractivity contribution in [2.75, 3.05) is 6.61 Å². The van der Waals surface area contributed by atoms with Crippen molar-refractivity contribution in [1.29, 1.82) is 0 Å². The van der Waals surface area contributed by atoms with Crippen molar-refractivity contribution >= 4 is 5.69 Å². The van der Waals surface area contributed by atoms with Gasteiger partial charge in [0.25, 0.3) is 0 Å². The first-order valence-corrected chi connectivity index (χ1v) is 6.59. The molecule has 4 nitrogen and oxygen atoms in total. The average molecular weight is 250 g/mol. The lowest BCUT2D eigenvalue weighted by molar-refractivity contribution is 0.0346. The summed E-state index contributed by atoms with van der Waals surface area (Å²) in [7, 11) is 0. The predicted octanol–water partition coefficient (Wildman–Crippen LogP) is 4.03. The first-order valence-electron chi connectivity index (χ1n) is 6.59. The van der Waals surface area contributed by atoms with Crippen molar-refractivity contribution in [3.05, 3.63) is 30.3 Å². The molecule has 0 aliphatic heterocycles. The van der Waals surface area contributed by atoms with Crippen molar-refractivity contribution in [3.63, 3.8) is 0 Å². The van der Waals surface area contributed by atoms with Gasteiger partial charge in [-0.3, -0.25) is 0 Å². The highest BCUT2D eigenvalue weighted by Crippen LogP contribution is 2.14. The molecule has 0 aliphatic carbocycles. The second kappa shape index (κ2) is 9.59. The molecule has 1 N–H and O–H groups in total. The summed E-state index contributed by atoms with van der Waals surface area (Å²) in [6, 6.07) is 9.54. The summed E-state index contributed by atoms with van der Waals surface area (Å²) in [6.45, 7) is 2.35. The standard InChI is InChI=1S/C14H22N2O2/c1-2-14(11-7-4-8-12-17)18-16-15-13-9-5-3-6-10-13/h3,5-6,9-10,14,17H,2,4,7-8,11-12H2,1H3. The molecule has 4 heteroatoms. The minimum atomic E-state index is 0.121. The zero-order valence-corrected chi connectivity index (χ0v) is 11.0. The largest absolute Gasteiger partial charge is 0.396 e. The molecule has 0 spiro atoms. The van der Waals surface area contributed by atoms with E-state index in [1.807, 2.05) is 30.3 Å². The number of hydrogen-bond acceptors (Lipinski definition) is 4. The fraction of sp³-hybridized carbons (Fsp3) is 0.571. The van der Waals surface area contributed by atoms with Gasteiger partial charge in [0, 0.05) is 11.9 Å². The van der Waals surface area contributed by atoms with E-state index in [1.54, 1.807) is 0 Å². The Balaban J connectivity index is 2.24. The molecule has 1 aromatic rings. The maximum absolute atomic E-state index is 8.69. The van der Waals surface area contributed by atoms with Crippen LogP contribution in [0.4, 0.5) is 5.69 Å². The van der Waals surface area contributed by atoms with Crippen LogP contribution in [0.3, 0.4) is 0 Å². The van der Waals surface area contributed by atoms with Crippen LogP contribution in [0, 0.1) is 0 Å². The van der Waals surface area contributed by atoms with Crippen LogP contribution in [0.1, 0.15) is 39.0 Å². The molecule has 1 unspecified atom stereocenters. The molecule has 0 bridgehead atoms. The summed E-state index contributed by atoms with van der Waals surface area (Å²) >= 11 is 0. The maximum Gasteiger partial charge on any atom is 0.129 e. The molecule has 1 aromatic carbocycles. The molecule has 18 heavy (non-hydrogen) atoms. The SMILES string of the molecule is CCC(CCCCCO)ON=Nc1ccccc1. The van der Waals surface area contributed by atoms with Gasteiger partial charge in [-0.2, -0.15) is 0 Å². The summed E-state index contributed by atoms with van der Waals surface area (Å²) in [6.07, 6.45) is 4.96. The van der Waals surface area contributed by atoms with Gasteiger partial charge in [-0.05, 0) is 37.8 Å². The normalized spacial score (nSPS) is 12.8. The van der Waals surface area contributed by atoms with Gasteiger partial charge in [0.05, 0.1) is 5.69 Å². The summed E-state index contributed by atoms with van der Waals surface area (Å²) in [4.78, 5) is 5.37. The Hall–Kier alpha value is -1.42. The van der Waals surface area contributed by atoms with Crippen LogP contribution in [0.15, 0.2) is 40.7 Å². The Labute approximate surface area is 109 Å². The number of nitrogens with zero attached hydrogens (tertiary/aromatic N) is 2. The molecule has 0 radical (unpaired) electrons. The van der Waals surface area contributed by atoms with Crippen LogP contribution in [0.2, 0.25) is 0 Å². The molecule has 0 saturated heterocycles. The van der Waals surface area contributed by atoms with Gasteiger partial charge >= 0.3 is 0 Å². The van der Waals surface area contributed by atoms with E-state index in [-0.39, 0.29) is 12.7 Å². The van der Waals surface area contributed by atoms with Crippen LogP contribution < -0.4 is 0 Å². The fourth-order valence-corrected chi connectivity index (χ4v) is 1.62. The number of benzene rings is 1. The third-order valence-electron chi connectivity index (χ3n) is 2.75. The highest BCUT2D eigenvalue weighted by molar-refractivity contribution is 5.34. The lowest BCUT2D eigenvalue weighted by Gasteiger charge is -2.11. The van der Waals surface area contributed by atoms with E-state index in [2.05, 4.69) is 17.3 Å². The Bertz CT molecular complexity index is 328. The second-order valence-electron chi connectivity index (χ2n) is 4.23. The second-order valence-corrected chi connectivity index (χ2v) is 4.23. The van der Waals surface area contributed by atoms with Crippen molar-refractivity contribution in [3.8, 4) is 0 Å². The first kappa shape index (κ1) is 14.6. The molecule has 0 aliphatic rings. The van der Waals surface area contributed by atoms with E-state index >= 15 is 0 Å². The predicted molar refractivity (Wildman–Crippen MR) is 71.7 cm³/mol. The topological polar surface area (TPSA) is 54.2 Å². The monoisotopic (exact) mass is 250 g/mol. The Morgan fingerprint density at radius 3 is 2.61 bits per heavy atom. The highest BCUT2D eigenvalue weighted by atomic mass is 16.6. The number of rotatable bonds is 9. The Morgan fingerprint density at radius 2 is 1.94 bits per heavy atom. The number of hydrogen-bond donors (Lipinski definition) is 1. The molecular weight excluding hydrogens is 228 g/mol. The Kier molecular flexibility index (Phi) is 7.80. The quantitative estimate of drug-likeness (QED) is 0.408. The average Bonchev–Trinajstić information content (AvgIpc) is 2.42. The van der Waals surface area contributed by atoms with Crippen molar-refractivity contribution in [2.45, 2.75) is 45.1 Å². The minimum absolute atomic E-state index is 0.121. The smallest absolute Gasteiger partial charge is 0.129 e. The Morgan fingerprint density at radius 1 is 1.17 bits per heavy atom. The van der Waals surface area contributed by atoms with Gasteiger partial charge in [0.1, 0.15) is 6.10 Å². The molecular formula is C14H22N2O2. The van der Waals surface area contributed by atoms with E-state index < -0.39 is 0 Å². The van der Waals surface area contributed by atoms with Gasteiger partial charge < -0.3 is 9.94 Å². The summed E-state index contributed by atoms with van der Waals surface area (Å²) in [5.41, 5.74) is 0.799. The number of aliphatic hydroxyl groups is 1.